The van der Waals surface area contributed by atoms with Gasteiger partial charge in [-0.3, -0.25) is 64.0 Å². The second-order valence-electron chi connectivity index (χ2n) is 13.5. The molecule has 9 N–H and O–H groups in total. The third kappa shape index (κ3) is 16.2. The summed E-state index contributed by atoms with van der Waals surface area (Å²) in [5, 5.41) is 52.5. The number of hydrazine groups is 1. The Hall–Kier alpha value is -4.87. The van der Waals surface area contributed by atoms with Crippen molar-refractivity contribution in [1.82, 2.24) is 40.6 Å². The zero-order valence-corrected chi connectivity index (χ0v) is 30.9. The molecule has 0 radical (unpaired) electrons. The van der Waals surface area contributed by atoms with E-state index in [1.807, 2.05) is 0 Å². The number of likely N-dealkylation sites (tertiary alicyclic amines) is 1. The van der Waals surface area contributed by atoms with Crippen molar-refractivity contribution < 1.29 is 58.9 Å². The van der Waals surface area contributed by atoms with Crippen LogP contribution in [0.3, 0.4) is 0 Å². The third-order valence-corrected chi connectivity index (χ3v) is 9.19. The predicted molar refractivity (Wildman–Crippen MR) is 196 cm³/mol. The van der Waals surface area contributed by atoms with Crippen molar-refractivity contribution in [3.05, 3.63) is 29.8 Å². The second-order valence-corrected chi connectivity index (χ2v) is 13.5. The van der Waals surface area contributed by atoms with Crippen molar-refractivity contribution in [2.45, 2.75) is 38.2 Å². The molecule has 0 unspecified atom stereocenters. The summed E-state index contributed by atoms with van der Waals surface area (Å²) in [5.74, 6) is -5.66. The maximum atomic E-state index is 12.9. The molecule has 21 nitrogen and oxygen atoms in total. The number of hydrogen-bond donors (Lipinski definition) is 9. The van der Waals surface area contributed by atoms with Crippen LogP contribution >= 0.6 is 0 Å². The molecular formula is C33H52BN9O12. The van der Waals surface area contributed by atoms with E-state index in [-0.39, 0.29) is 97.1 Å². The lowest BCUT2D eigenvalue weighted by Crippen LogP contribution is -2.52. The van der Waals surface area contributed by atoms with Gasteiger partial charge in [-0.2, -0.15) is 0 Å². The highest BCUT2D eigenvalue weighted by Crippen LogP contribution is 2.19. The first-order valence-electron chi connectivity index (χ1n) is 18.0. The first-order chi connectivity index (χ1) is 26.1. The molecule has 1 aromatic rings. The van der Waals surface area contributed by atoms with Crippen LogP contribution in [0.25, 0.3) is 0 Å². The van der Waals surface area contributed by atoms with Crippen LogP contribution in [0.2, 0.25) is 0 Å². The summed E-state index contributed by atoms with van der Waals surface area (Å²) < 4.78 is 0. The highest BCUT2D eigenvalue weighted by Gasteiger charge is 2.38. The Labute approximate surface area is 318 Å². The number of anilines is 1. The Kier molecular flexibility index (Phi) is 18.2. The van der Waals surface area contributed by atoms with E-state index in [0.717, 1.165) is 0 Å². The van der Waals surface area contributed by atoms with Gasteiger partial charge in [0.05, 0.1) is 37.8 Å². The monoisotopic (exact) mass is 777 g/mol. The van der Waals surface area contributed by atoms with Gasteiger partial charge in [-0.15, -0.1) is 0 Å². The largest absolute Gasteiger partial charge is 0.480 e. The third-order valence-electron chi connectivity index (χ3n) is 9.19. The molecule has 2 fully saturated rings. The maximum Gasteiger partial charge on any atom is 0.475 e. The van der Waals surface area contributed by atoms with Gasteiger partial charge in [0.15, 0.2) is 0 Å². The number of carboxylic acids is 3. The SMILES string of the molecule is C[C@@H](NC(=O)c1ccc(NNC(=O)CCNC(=O)CN2CCN(CC(=O)O)CCN(CC(=O)O)CCN(CC(=O)O)CC2)cc1)C(=O)N1CCC[C@H]1B(O)O. The molecule has 0 saturated carbocycles. The molecule has 0 bridgehead atoms. The van der Waals surface area contributed by atoms with Crippen LogP contribution in [0.4, 0.5) is 5.69 Å². The average molecular weight is 778 g/mol. The number of benzene rings is 1. The van der Waals surface area contributed by atoms with Gasteiger partial charge < -0.3 is 40.9 Å². The molecule has 22 heteroatoms. The Bertz CT molecular complexity index is 1460. The molecule has 0 spiro atoms. The van der Waals surface area contributed by atoms with E-state index in [4.69, 9.17) is 0 Å². The van der Waals surface area contributed by atoms with Gasteiger partial charge in [0, 0.05) is 77.4 Å². The van der Waals surface area contributed by atoms with Crippen LogP contribution in [-0.2, 0) is 28.8 Å². The first-order valence-corrected chi connectivity index (χ1v) is 18.0. The molecule has 0 aliphatic carbocycles. The number of aliphatic carboxylic acids is 3. The van der Waals surface area contributed by atoms with E-state index in [2.05, 4.69) is 21.5 Å². The van der Waals surface area contributed by atoms with Gasteiger partial charge in [0.2, 0.25) is 17.7 Å². The lowest BCUT2D eigenvalue weighted by molar-refractivity contribution is -0.140. The lowest BCUT2D eigenvalue weighted by atomic mass is 9.78. The number of carboxylic acid groups (broad SMARTS) is 3. The van der Waals surface area contributed by atoms with Crippen molar-refractivity contribution in [2.75, 3.05) is 97.1 Å². The molecule has 2 aliphatic rings. The Morgan fingerprint density at radius 1 is 0.709 bits per heavy atom. The van der Waals surface area contributed by atoms with E-state index in [1.165, 1.54) is 24.0 Å². The van der Waals surface area contributed by atoms with Crippen LogP contribution < -0.4 is 21.5 Å². The lowest BCUT2D eigenvalue weighted by Gasteiger charge is -2.32. The predicted octanol–water partition coefficient (Wildman–Crippen LogP) is -3.77. The number of carbonyl (C=O) groups excluding carboxylic acids is 4. The number of carbonyl (C=O) groups is 7. The molecule has 2 saturated heterocycles. The number of amides is 4. The maximum absolute atomic E-state index is 12.9. The fraction of sp³-hybridized carbons (Fsp3) is 0.606. The van der Waals surface area contributed by atoms with Gasteiger partial charge in [-0.05, 0) is 44.0 Å². The number of nitrogens with zero attached hydrogens (tertiary/aromatic N) is 5. The van der Waals surface area contributed by atoms with E-state index in [0.29, 0.717) is 25.1 Å². The molecule has 2 aliphatic heterocycles. The number of hydrogen-bond acceptors (Lipinski definition) is 14. The molecular weight excluding hydrogens is 725 g/mol. The first kappa shape index (κ1) is 44.5. The smallest absolute Gasteiger partial charge is 0.475 e. The van der Waals surface area contributed by atoms with Crippen molar-refractivity contribution in [2.24, 2.45) is 0 Å². The minimum absolute atomic E-state index is 0.00132. The van der Waals surface area contributed by atoms with Crippen LogP contribution in [0.1, 0.15) is 36.5 Å². The quantitative estimate of drug-likeness (QED) is 0.0542. The van der Waals surface area contributed by atoms with Gasteiger partial charge in [0.1, 0.15) is 6.04 Å². The summed E-state index contributed by atoms with van der Waals surface area (Å²) in [5.41, 5.74) is 5.93. The van der Waals surface area contributed by atoms with Crippen molar-refractivity contribution in [1.29, 1.82) is 0 Å². The summed E-state index contributed by atoms with van der Waals surface area (Å²) >= 11 is 0. The molecule has 2 heterocycles. The number of nitrogens with one attached hydrogen (secondary N) is 4. The fourth-order valence-electron chi connectivity index (χ4n) is 6.24. The summed E-state index contributed by atoms with van der Waals surface area (Å²) in [7, 11) is -1.66. The van der Waals surface area contributed by atoms with E-state index < -0.39 is 60.6 Å². The fourth-order valence-corrected chi connectivity index (χ4v) is 6.24. The van der Waals surface area contributed by atoms with Gasteiger partial charge in [0.25, 0.3) is 5.91 Å². The summed E-state index contributed by atoms with van der Waals surface area (Å²) in [6.07, 6.45) is 1.01. The van der Waals surface area contributed by atoms with Crippen LogP contribution in [0.15, 0.2) is 24.3 Å². The highest BCUT2D eigenvalue weighted by atomic mass is 16.4. The van der Waals surface area contributed by atoms with Gasteiger partial charge in [-0.1, -0.05) is 0 Å². The van der Waals surface area contributed by atoms with Crippen molar-refractivity contribution in [3.63, 3.8) is 0 Å². The molecule has 0 aromatic heterocycles. The van der Waals surface area contributed by atoms with Crippen LogP contribution in [0.5, 0.6) is 0 Å². The van der Waals surface area contributed by atoms with E-state index in [9.17, 15) is 58.9 Å². The average Bonchev–Trinajstić information content (AvgIpc) is 3.62. The van der Waals surface area contributed by atoms with Crippen LogP contribution in [0, 0.1) is 0 Å². The zero-order valence-electron chi connectivity index (χ0n) is 30.9. The molecule has 3 rings (SSSR count). The Morgan fingerprint density at radius 3 is 1.64 bits per heavy atom. The van der Waals surface area contributed by atoms with Gasteiger partial charge >= 0.3 is 25.0 Å². The minimum atomic E-state index is -1.66. The van der Waals surface area contributed by atoms with Gasteiger partial charge in [-0.25, -0.2) is 0 Å². The van der Waals surface area contributed by atoms with Crippen molar-refractivity contribution in [3.8, 4) is 0 Å². The van der Waals surface area contributed by atoms with E-state index >= 15 is 0 Å². The zero-order chi connectivity index (χ0) is 40.5. The Morgan fingerprint density at radius 2 is 1.18 bits per heavy atom. The molecule has 2 atom stereocenters. The van der Waals surface area contributed by atoms with E-state index in [1.54, 1.807) is 31.7 Å². The highest BCUT2D eigenvalue weighted by molar-refractivity contribution is 6.43. The van der Waals surface area contributed by atoms with Crippen LogP contribution in [-0.4, -0.2) is 202 Å². The second kappa shape index (κ2) is 22.5. The summed E-state index contributed by atoms with van der Waals surface area (Å²) in [6, 6.07) is 5.17. The summed E-state index contributed by atoms with van der Waals surface area (Å²) in [4.78, 5) is 93.2. The summed E-state index contributed by atoms with van der Waals surface area (Å²) in [6.45, 7) is 3.03. The minimum Gasteiger partial charge on any atom is -0.480 e. The molecule has 55 heavy (non-hydrogen) atoms. The Balaban J connectivity index is 1.45. The standard InChI is InChI=1S/C33H52BN9O12/c1-23(33(53)43-10-2-3-26(43)34(54)55)36-32(52)24-4-6-25(7-5-24)37-38-27(44)8-9-35-28(45)19-39-11-13-40(20-29(46)47)15-17-42(22-31(50)51)18-16-41(14-12-39)21-30(48)49/h4-7,23,26,37,54-55H,2-3,8-22H2,1H3,(H,35,45)(H,36,52)(H,38,44)(H,46,47)(H,48,49)(H,50,51)/t23-,26+/m1/s1. The molecule has 1 aromatic carbocycles. The molecule has 304 valence electrons. The molecule has 4 amide bonds. The number of rotatable bonds is 17. The topological polar surface area (TPSA) is 285 Å². The normalized spacial score (nSPS) is 18.6. The van der Waals surface area contributed by atoms with Crippen molar-refractivity contribution >= 4 is 54.3 Å².